The Hall–Kier alpha value is -0.990. The van der Waals surface area contributed by atoms with Crippen LogP contribution >= 0.6 is 0 Å². The molecule has 0 aliphatic carbocycles. The van der Waals surface area contributed by atoms with E-state index >= 15 is 0 Å². The summed E-state index contributed by atoms with van der Waals surface area (Å²) >= 11 is 0. The highest BCUT2D eigenvalue weighted by Gasteiger charge is 2.19. The molecular formula is C13H25NO2. The number of carbonyl (C=O) groups excluding carboxylic acids is 1. The van der Waals surface area contributed by atoms with Gasteiger partial charge in [-0.25, -0.2) is 4.79 Å². The van der Waals surface area contributed by atoms with Gasteiger partial charge in [0.1, 0.15) is 5.60 Å². The van der Waals surface area contributed by atoms with Crippen molar-refractivity contribution in [2.45, 2.75) is 46.1 Å². The summed E-state index contributed by atoms with van der Waals surface area (Å²) < 4.78 is 5.26. The molecule has 0 aliphatic heterocycles. The fourth-order valence-electron chi connectivity index (χ4n) is 1.28. The summed E-state index contributed by atoms with van der Waals surface area (Å²) in [6.45, 7) is 12.2. The van der Waals surface area contributed by atoms with E-state index in [2.05, 4.69) is 13.5 Å². The lowest BCUT2D eigenvalue weighted by molar-refractivity contribution is 0.0292. The van der Waals surface area contributed by atoms with Crippen molar-refractivity contribution in [1.29, 1.82) is 0 Å². The molecule has 1 unspecified atom stereocenters. The van der Waals surface area contributed by atoms with Gasteiger partial charge in [-0.1, -0.05) is 13.0 Å². The van der Waals surface area contributed by atoms with Gasteiger partial charge >= 0.3 is 6.09 Å². The van der Waals surface area contributed by atoms with E-state index in [1.165, 1.54) is 0 Å². The Bertz CT molecular complexity index is 231. The van der Waals surface area contributed by atoms with Gasteiger partial charge in [0, 0.05) is 13.6 Å². The molecule has 0 saturated carbocycles. The van der Waals surface area contributed by atoms with Gasteiger partial charge in [0.15, 0.2) is 0 Å². The van der Waals surface area contributed by atoms with E-state index in [1.54, 1.807) is 11.9 Å². The Morgan fingerprint density at radius 1 is 1.50 bits per heavy atom. The van der Waals surface area contributed by atoms with Crippen molar-refractivity contribution in [2.75, 3.05) is 13.6 Å². The predicted octanol–water partition coefficient (Wildman–Crippen LogP) is 3.46. The molecule has 0 aromatic rings. The topological polar surface area (TPSA) is 29.5 Å². The first-order chi connectivity index (χ1) is 7.30. The standard InChI is InChI=1S/C13H25NO2/c1-7-11(8-2)9-10-14(6)12(15)16-13(3,4)5/h7,11H,1,8-10H2,2-6H3. The lowest BCUT2D eigenvalue weighted by atomic mass is 10.0. The lowest BCUT2D eigenvalue weighted by Crippen LogP contribution is -2.35. The molecule has 0 spiro atoms. The number of amides is 1. The highest BCUT2D eigenvalue weighted by molar-refractivity contribution is 5.67. The Balaban J connectivity index is 4.01. The molecule has 1 amide bonds. The molecule has 0 aromatic heterocycles. The Kier molecular flexibility index (Phi) is 6.16. The Labute approximate surface area is 99.5 Å². The van der Waals surface area contributed by atoms with Gasteiger partial charge in [0.2, 0.25) is 0 Å². The average molecular weight is 227 g/mol. The molecule has 0 aromatic carbocycles. The smallest absolute Gasteiger partial charge is 0.410 e. The van der Waals surface area contributed by atoms with Gasteiger partial charge in [-0.15, -0.1) is 6.58 Å². The van der Waals surface area contributed by atoms with Crippen LogP contribution in [0.3, 0.4) is 0 Å². The summed E-state index contributed by atoms with van der Waals surface area (Å²) in [6.07, 6.45) is 3.69. The molecule has 0 saturated heterocycles. The molecule has 1 atom stereocenters. The molecule has 94 valence electrons. The van der Waals surface area contributed by atoms with Crippen LogP contribution in [0.5, 0.6) is 0 Å². The lowest BCUT2D eigenvalue weighted by Gasteiger charge is -2.25. The molecular weight excluding hydrogens is 202 g/mol. The molecule has 0 aliphatic rings. The number of ether oxygens (including phenoxy) is 1. The molecule has 0 N–H and O–H groups in total. The first-order valence-electron chi connectivity index (χ1n) is 5.86. The zero-order valence-corrected chi connectivity index (χ0v) is 11.2. The first kappa shape index (κ1) is 15.0. The van der Waals surface area contributed by atoms with E-state index in [0.717, 1.165) is 12.8 Å². The molecule has 3 heteroatoms. The van der Waals surface area contributed by atoms with Crippen molar-refractivity contribution >= 4 is 6.09 Å². The fraction of sp³-hybridized carbons (Fsp3) is 0.769. The maximum absolute atomic E-state index is 11.6. The summed E-state index contributed by atoms with van der Waals surface area (Å²) in [5.41, 5.74) is -0.423. The number of hydrogen-bond acceptors (Lipinski definition) is 2. The molecule has 16 heavy (non-hydrogen) atoms. The number of carbonyl (C=O) groups is 1. The third kappa shape index (κ3) is 6.49. The van der Waals surface area contributed by atoms with E-state index in [4.69, 9.17) is 4.74 Å². The summed E-state index contributed by atoms with van der Waals surface area (Å²) in [5.74, 6) is 0.477. The van der Waals surface area contributed by atoms with Crippen molar-refractivity contribution in [3.63, 3.8) is 0 Å². The minimum Gasteiger partial charge on any atom is -0.444 e. The normalized spacial score (nSPS) is 13.1. The molecule has 0 radical (unpaired) electrons. The highest BCUT2D eigenvalue weighted by atomic mass is 16.6. The number of nitrogens with zero attached hydrogens (tertiary/aromatic N) is 1. The summed E-state index contributed by atoms with van der Waals surface area (Å²) in [6, 6.07) is 0. The maximum Gasteiger partial charge on any atom is 0.410 e. The van der Waals surface area contributed by atoms with Crippen LogP contribution in [0.4, 0.5) is 4.79 Å². The van der Waals surface area contributed by atoms with Crippen LogP contribution in [-0.2, 0) is 4.74 Å². The zero-order chi connectivity index (χ0) is 12.8. The van der Waals surface area contributed by atoms with Crippen LogP contribution in [0.15, 0.2) is 12.7 Å². The number of rotatable bonds is 5. The summed E-state index contributed by atoms with van der Waals surface area (Å²) in [7, 11) is 1.77. The van der Waals surface area contributed by atoms with Crippen molar-refractivity contribution < 1.29 is 9.53 Å². The van der Waals surface area contributed by atoms with Crippen molar-refractivity contribution in [3.05, 3.63) is 12.7 Å². The molecule has 3 nitrogen and oxygen atoms in total. The van der Waals surface area contributed by atoms with Crippen LogP contribution in [0, 0.1) is 5.92 Å². The van der Waals surface area contributed by atoms with E-state index in [1.807, 2.05) is 26.8 Å². The van der Waals surface area contributed by atoms with Gasteiger partial charge < -0.3 is 9.64 Å². The third-order valence-corrected chi connectivity index (χ3v) is 2.40. The third-order valence-electron chi connectivity index (χ3n) is 2.40. The minimum absolute atomic E-state index is 0.258. The molecule has 0 bridgehead atoms. The van der Waals surface area contributed by atoms with Crippen LogP contribution in [0.2, 0.25) is 0 Å². The van der Waals surface area contributed by atoms with Crippen molar-refractivity contribution in [1.82, 2.24) is 4.90 Å². The van der Waals surface area contributed by atoms with Gasteiger partial charge in [0.25, 0.3) is 0 Å². The SMILES string of the molecule is C=CC(CC)CCN(C)C(=O)OC(C)(C)C. The van der Waals surface area contributed by atoms with E-state index < -0.39 is 5.60 Å². The van der Waals surface area contributed by atoms with Gasteiger partial charge in [0.05, 0.1) is 0 Å². The quantitative estimate of drug-likeness (QED) is 0.673. The van der Waals surface area contributed by atoms with E-state index in [0.29, 0.717) is 12.5 Å². The Morgan fingerprint density at radius 3 is 2.44 bits per heavy atom. The number of allylic oxidation sites excluding steroid dienone is 1. The van der Waals surface area contributed by atoms with Crippen LogP contribution in [0.1, 0.15) is 40.5 Å². The molecule has 0 heterocycles. The maximum atomic E-state index is 11.6. The summed E-state index contributed by atoms with van der Waals surface area (Å²) in [4.78, 5) is 13.2. The second-order valence-electron chi connectivity index (χ2n) is 5.09. The monoisotopic (exact) mass is 227 g/mol. The first-order valence-corrected chi connectivity index (χ1v) is 5.86. The van der Waals surface area contributed by atoms with Crippen molar-refractivity contribution in [3.8, 4) is 0 Å². The summed E-state index contributed by atoms with van der Waals surface area (Å²) in [5, 5.41) is 0. The van der Waals surface area contributed by atoms with Gasteiger partial charge in [-0.05, 0) is 39.5 Å². The average Bonchev–Trinajstić information content (AvgIpc) is 2.16. The second-order valence-corrected chi connectivity index (χ2v) is 5.09. The molecule has 0 fully saturated rings. The van der Waals surface area contributed by atoms with Crippen molar-refractivity contribution in [2.24, 2.45) is 5.92 Å². The number of hydrogen-bond donors (Lipinski definition) is 0. The van der Waals surface area contributed by atoms with Crippen LogP contribution in [0.25, 0.3) is 0 Å². The highest BCUT2D eigenvalue weighted by Crippen LogP contribution is 2.12. The predicted molar refractivity (Wildman–Crippen MR) is 67.5 cm³/mol. The second kappa shape index (κ2) is 6.56. The van der Waals surface area contributed by atoms with E-state index in [-0.39, 0.29) is 6.09 Å². The zero-order valence-electron chi connectivity index (χ0n) is 11.2. The minimum atomic E-state index is -0.423. The fourth-order valence-corrected chi connectivity index (χ4v) is 1.28. The van der Waals surface area contributed by atoms with Crippen LogP contribution in [-0.4, -0.2) is 30.2 Å². The Morgan fingerprint density at radius 2 is 2.06 bits per heavy atom. The van der Waals surface area contributed by atoms with E-state index in [9.17, 15) is 4.79 Å². The molecule has 0 rings (SSSR count). The van der Waals surface area contributed by atoms with Crippen LogP contribution < -0.4 is 0 Å². The van der Waals surface area contributed by atoms with Gasteiger partial charge in [-0.2, -0.15) is 0 Å². The largest absolute Gasteiger partial charge is 0.444 e. The van der Waals surface area contributed by atoms with Gasteiger partial charge in [-0.3, -0.25) is 0 Å².